The first-order valence-corrected chi connectivity index (χ1v) is 12.2. The van der Waals surface area contributed by atoms with Crippen LogP contribution in [0, 0.1) is 0 Å². The third-order valence-corrected chi connectivity index (χ3v) is 8.05. The van der Waals surface area contributed by atoms with Gasteiger partial charge in [-0.3, -0.25) is 9.59 Å². The lowest BCUT2D eigenvalue weighted by Crippen LogP contribution is -2.50. The van der Waals surface area contributed by atoms with Gasteiger partial charge in [0.1, 0.15) is 0 Å². The molecule has 1 fully saturated rings. The molecule has 1 N–H and O–H groups in total. The normalized spacial score (nSPS) is 21.6. The Morgan fingerprint density at radius 2 is 1.77 bits per heavy atom. The van der Waals surface area contributed by atoms with Gasteiger partial charge in [-0.15, -0.1) is 22.7 Å². The Bertz CT molecular complexity index is 1020. The second-order valence-electron chi connectivity index (χ2n) is 7.97. The summed E-state index contributed by atoms with van der Waals surface area (Å²) in [6.45, 7) is 0.518. The summed E-state index contributed by atoms with van der Waals surface area (Å²) in [5.41, 5.74) is 1.52. The van der Waals surface area contributed by atoms with Crippen molar-refractivity contribution >= 4 is 34.5 Å². The zero-order chi connectivity index (χ0) is 20.5. The van der Waals surface area contributed by atoms with Gasteiger partial charge in [-0.1, -0.05) is 43.2 Å². The molecule has 2 aliphatic rings. The van der Waals surface area contributed by atoms with Crippen molar-refractivity contribution in [3.63, 3.8) is 0 Å². The van der Waals surface area contributed by atoms with Crippen LogP contribution in [0.3, 0.4) is 0 Å². The number of amides is 2. The molecule has 1 aliphatic carbocycles. The second-order valence-corrected chi connectivity index (χ2v) is 9.98. The van der Waals surface area contributed by atoms with Crippen molar-refractivity contribution in [3.8, 4) is 0 Å². The fourth-order valence-corrected chi connectivity index (χ4v) is 6.38. The number of carbonyl (C=O) groups excluding carboxylic acids is 2. The maximum Gasteiger partial charge on any atom is 0.254 e. The molecular formula is C24H24N2O2S2. The lowest BCUT2D eigenvalue weighted by molar-refractivity contribution is -0.124. The maximum atomic E-state index is 13.6. The molecule has 6 heteroatoms. The molecule has 3 heterocycles. The molecule has 2 atom stereocenters. The smallest absolute Gasteiger partial charge is 0.254 e. The standard InChI is InChI=1S/C24H24N2O2S2/c27-23(25-15-17-9-5-13-29-17)21-18-10-3-4-11-19(18)24(28)26(16-7-1-2-8-16)22(21)20-12-6-14-30-20/h3-6,9-14,16,21-22H,1-2,7-8,15H2,(H,25,27)/t21-,22+/m1/s1. The van der Waals surface area contributed by atoms with E-state index in [1.54, 1.807) is 22.7 Å². The molecule has 4 nitrogen and oxygen atoms in total. The van der Waals surface area contributed by atoms with Crippen LogP contribution in [0.25, 0.3) is 0 Å². The van der Waals surface area contributed by atoms with Gasteiger partial charge in [0.25, 0.3) is 5.91 Å². The Balaban J connectivity index is 1.57. The van der Waals surface area contributed by atoms with Crippen LogP contribution in [0.5, 0.6) is 0 Å². The molecule has 1 saturated carbocycles. The quantitative estimate of drug-likeness (QED) is 0.586. The minimum absolute atomic E-state index is 0.00949. The Morgan fingerprint density at radius 3 is 2.50 bits per heavy atom. The highest BCUT2D eigenvalue weighted by Gasteiger charge is 2.47. The van der Waals surface area contributed by atoms with Crippen molar-refractivity contribution in [3.05, 3.63) is 80.2 Å². The number of nitrogens with one attached hydrogen (secondary N) is 1. The van der Waals surface area contributed by atoms with Crippen molar-refractivity contribution in [2.75, 3.05) is 0 Å². The summed E-state index contributed by atoms with van der Waals surface area (Å²) in [6.07, 6.45) is 4.31. The number of benzene rings is 1. The summed E-state index contributed by atoms with van der Waals surface area (Å²) in [7, 11) is 0. The van der Waals surface area contributed by atoms with E-state index >= 15 is 0 Å². The Kier molecular flexibility index (Phi) is 5.44. The molecule has 154 valence electrons. The van der Waals surface area contributed by atoms with Crippen molar-refractivity contribution in [2.45, 2.75) is 50.2 Å². The van der Waals surface area contributed by atoms with Crippen LogP contribution in [0.2, 0.25) is 0 Å². The van der Waals surface area contributed by atoms with Gasteiger partial charge in [0.05, 0.1) is 18.5 Å². The highest BCUT2D eigenvalue weighted by molar-refractivity contribution is 7.10. The Morgan fingerprint density at radius 1 is 1.00 bits per heavy atom. The van der Waals surface area contributed by atoms with Crippen LogP contribution in [0.15, 0.2) is 59.3 Å². The molecule has 3 aromatic rings. The summed E-state index contributed by atoms with van der Waals surface area (Å²) < 4.78 is 0. The van der Waals surface area contributed by atoms with Gasteiger partial charge in [0.2, 0.25) is 5.91 Å². The van der Waals surface area contributed by atoms with Gasteiger partial charge in [-0.25, -0.2) is 0 Å². The molecule has 1 aromatic carbocycles. The van der Waals surface area contributed by atoms with Gasteiger partial charge in [0.15, 0.2) is 0 Å². The van der Waals surface area contributed by atoms with E-state index in [1.165, 1.54) is 0 Å². The van der Waals surface area contributed by atoms with Gasteiger partial charge in [0, 0.05) is 21.4 Å². The minimum Gasteiger partial charge on any atom is -0.351 e. The van der Waals surface area contributed by atoms with E-state index < -0.39 is 5.92 Å². The molecule has 30 heavy (non-hydrogen) atoms. The van der Waals surface area contributed by atoms with Crippen LogP contribution in [-0.4, -0.2) is 22.8 Å². The van der Waals surface area contributed by atoms with E-state index in [4.69, 9.17) is 0 Å². The number of nitrogens with zero attached hydrogens (tertiary/aromatic N) is 1. The fraction of sp³-hybridized carbons (Fsp3) is 0.333. The summed E-state index contributed by atoms with van der Waals surface area (Å²) in [5.74, 6) is -0.346. The number of thiophene rings is 2. The third kappa shape index (κ3) is 3.48. The second kappa shape index (κ2) is 8.36. The number of fused-ring (bicyclic) bond motifs is 1. The van der Waals surface area contributed by atoms with Crippen LogP contribution in [0.4, 0.5) is 0 Å². The van der Waals surface area contributed by atoms with Crippen molar-refractivity contribution in [1.29, 1.82) is 0 Å². The predicted octanol–water partition coefficient (Wildman–Crippen LogP) is 5.35. The van der Waals surface area contributed by atoms with Crippen LogP contribution in [0.1, 0.15) is 63.3 Å². The first-order valence-electron chi connectivity index (χ1n) is 10.5. The van der Waals surface area contributed by atoms with E-state index in [9.17, 15) is 9.59 Å². The molecule has 0 spiro atoms. The van der Waals surface area contributed by atoms with Gasteiger partial charge >= 0.3 is 0 Å². The van der Waals surface area contributed by atoms with Gasteiger partial charge in [-0.05, 0) is 47.4 Å². The molecule has 0 radical (unpaired) electrons. The van der Waals surface area contributed by atoms with Crippen LogP contribution in [-0.2, 0) is 11.3 Å². The highest BCUT2D eigenvalue weighted by Crippen LogP contribution is 2.47. The topological polar surface area (TPSA) is 49.4 Å². The lowest BCUT2D eigenvalue weighted by atomic mass is 9.80. The van der Waals surface area contributed by atoms with E-state index in [0.29, 0.717) is 12.1 Å². The van der Waals surface area contributed by atoms with Gasteiger partial charge in [-0.2, -0.15) is 0 Å². The summed E-state index contributed by atoms with van der Waals surface area (Å²) in [5, 5.41) is 7.21. The van der Waals surface area contributed by atoms with E-state index in [2.05, 4.69) is 11.4 Å². The summed E-state index contributed by atoms with van der Waals surface area (Å²) >= 11 is 3.27. The third-order valence-electron chi connectivity index (χ3n) is 6.23. The molecular weight excluding hydrogens is 412 g/mol. The number of hydrogen-bond acceptors (Lipinski definition) is 4. The molecule has 5 rings (SSSR count). The average molecular weight is 437 g/mol. The van der Waals surface area contributed by atoms with Crippen molar-refractivity contribution < 1.29 is 9.59 Å². The van der Waals surface area contributed by atoms with Gasteiger partial charge < -0.3 is 10.2 Å². The van der Waals surface area contributed by atoms with E-state index in [-0.39, 0.29) is 23.9 Å². The zero-order valence-electron chi connectivity index (χ0n) is 16.6. The molecule has 0 unspecified atom stereocenters. The van der Waals surface area contributed by atoms with Crippen LogP contribution >= 0.6 is 22.7 Å². The molecule has 1 aliphatic heterocycles. The first-order chi connectivity index (χ1) is 14.7. The van der Waals surface area contributed by atoms with Crippen molar-refractivity contribution in [2.24, 2.45) is 0 Å². The SMILES string of the molecule is O=C(NCc1cccs1)[C@@H]1c2ccccc2C(=O)N(C2CCCC2)[C@H]1c1cccs1. The average Bonchev–Trinajstić information content (AvgIpc) is 3.55. The van der Waals surface area contributed by atoms with E-state index in [0.717, 1.165) is 41.0 Å². The summed E-state index contributed by atoms with van der Waals surface area (Å²) in [6, 6.07) is 15.7. The van der Waals surface area contributed by atoms with Crippen LogP contribution < -0.4 is 5.32 Å². The predicted molar refractivity (Wildman–Crippen MR) is 121 cm³/mol. The Labute approximate surface area is 184 Å². The Hall–Kier alpha value is -2.44. The molecule has 0 bridgehead atoms. The number of rotatable bonds is 5. The minimum atomic E-state index is -0.405. The number of hydrogen-bond donors (Lipinski definition) is 1. The van der Waals surface area contributed by atoms with E-state index in [1.807, 2.05) is 58.1 Å². The monoisotopic (exact) mass is 436 g/mol. The number of carbonyl (C=O) groups is 2. The molecule has 0 saturated heterocycles. The first kappa shape index (κ1) is 19.5. The van der Waals surface area contributed by atoms with Crippen molar-refractivity contribution in [1.82, 2.24) is 10.2 Å². The summed E-state index contributed by atoms with van der Waals surface area (Å²) in [4.78, 5) is 31.5. The highest BCUT2D eigenvalue weighted by atomic mass is 32.1. The molecule has 2 aromatic heterocycles. The molecule has 2 amide bonds. The maximum absolute atomic E-state index is 13.6. The largest absolute Gasteiger partial charge is 0.351 e. The fourth-order valence-electron chi connectivity index (χ4n) is 4.88. The zero-order valence-corrected chi connectivity index (χ0v) is 18.3. The lowest BCUT2D eigenvalue weighted by Gasteiger charge is -2.44.